The molecule has 0 bridgehead atoms. The number of nitrogens with zero attached hydrogens (tertiary/aromatic N) is 2. The molecule has 2 aromatic heterocycles. The average molecular weight is 314 g/mol. The predicted octanol–water partition coefficient (Wildman–Crippen LogP) is 4.24. The molecule has 0 amide bonds. The molecule has 0 unspecified atom stereocenters. The van der Waals surface area contributed by atoms with Crippen molar-refractivity contribution in [1.82, 2.24) is 9.55 Å². The summed E-state index contributed by atoms with van der Waals surface area (Å²) in [5, 5.41) is 3.43. The first kappa shape index (κ1) is 14.7. The molecule has 0 aliphatic rings. The molecule has 2 heterocycles. The Bertz CT molecular complexity index is 834. The standard InChI is InChI=1S/C17H15FN2OS/c1-2-3-7-20-11-14(13-5-4-12(18)9-15(13)20)16(21)10-17-19-6-8-22-17/h2-6,8-9,11H,7,10H2,1H3/b3-2+. The summed E-state index contributed by atoms with van der Waals surface area (Å²) in [6, 6.07) is 4.54. The zero-order valence-electron chi connectivity index (χ0n) is 12.1. The Morgan fingerprint density at radius 3 is 3.05 bits per heavy atom. The summed E-state index contributed by atoms with van der Waals surface area (Å²) in [6.07, 6.45) is 7.68. The summed E-state index contributed by atoms with van der Waals surface area (Å²) in [5.41, 5.74) is 1.36. The van der Waals surface area contributed by atoms with Crippen LogP contribution in [0.5, 0.6) is 0 Å². The fourth-order valence-electron chi connectivity index (χ4n) is 2.43. The Labute approximate surface area is 131 Å². The minimum absolute atomic E-state index is 0.00536. The number of ketones is 1. The highest BCUT2D eigenvalue weighted by atomic mass is 32.1. The molecule has 3 rings (SSSR count). The first-order valence-electron chi connectivity index (χ1n) is 7.00. The van der Waals surface area contributed by atoms with Crippen molar-refractivity contribution in [2.45, 2.75) is 19.9 Å². The molecule has 0 saturated heterocycles. The van der Waals surface area contributed by atoms with Crippen molar-refractivity contribution in [1.29, 1.82) is 0 Å². The van der Waals surface area contributed by atoms with Gasteiger partial charge in [-0.2, -0.15) is 0 Å². The number of carbonyl (C=O) groups excluding carboxylic acids is 1. The molecule has 5 heteroatoms. The van der Waals surface area contributed by atoms with Gasteiger partial charge in [0, 0.05) is 35.3 Å². The highest BCUT2D eigenvalue weighted by Gasteiger charge is 2.16. The van der Waals surface area contributed by atoms with E-state index in [0.29, 0.717) is 12.1 Å². The van der Waals surface area contributed by atoms with Crippen molar-refractivity contribution >= 4 is 28.0 Å². The lowest BCUT2D eigenvalue weighted by atomic mass is 10.1. The third-order valence-electron chi connectivity index (χ3n) is 3.48. The number of hydrogen-bond acceptors (Lipinski definition) is 3. The van der Waals surface area contributed by atoms with Gasteiger partial charge in [-0.15, -0.1) is 11.3 Å². The van der Waals surface area contributed by atoms with Gasteiger partial charge in [0.15, 0.2) is 5.78 Å². The number of hydrogen-bond donors (Lipinski definition) is 0. The number of halogens is 1. The molecule has 0 saturated carbocycles. The highest BCUT2D eigenvalue weighted by Crippen LogP contribution is 2.24. The van der Waals surface area contributed by atoms with Crippen molar-refractivity contribution < 1.29 is 9.18 Å². The van der Waals surface area contributed by atoms with Crippen LogP contribution in [-0.2, 0) is 13.0 Å². The van der Waals surface area contributed by atoms with E-state index in [9.17, 15) is 9.18 Å². The molecule has 112 valence electrons. The number of aromatic nitrogens is 2. The first-order valence-corrected chi connectivity index (χ1v) is 7.88. The fraction of sp³-hybridized carbons (Fsp3) is 0.176. The third-order valence-corrected chi connectivity index (χ3v) is 4.26. The normalized spacial score (nSPS) is 11.5. The second-order valence-electron chi connectivity index (χ2n) is 4.95. The monoisotopic (exact) mass is 314 g/mol. The van der Waals surface area contributed by atoms with Gasteiger partial charge < -0.3 is 4.57 Å². The van der Waals surface area contributed by atoms with Crippen molar-refractivity contribution in [3.8, 4) is 0 Å². The molecule has 0 aliphatic heterocycles. The number of allylic oxidation sites excluding steroid dienone is 2. The molecule has 3 nitrogen and oxygen atoms in total. The van der Waals surface area contributed by atoms with E-state index in [1.807, 2.05) is 29.0 Å². The van der Waals surface area contributed by atoms with Crippen LogP contribution < -0.4 is 0 Å². The van der Waals surface area contributed by atoms with Gasteiger partial charge in [-0.3, -0.25) is 4.79 Å². The summed E-state index contributed by atoms with van der Waals surface area (Å²) >= 11 is 1.46. The predicted molar refractivity (Wildman–Crippen MR) is 86.9 cm³/mol. The van der Waals surface area contributed by atoms with Crippen molar-refractivity contribution in [2.75, 3.05) is 0 Å². The maximum Gasteiger partial charge on any atom is 0.171 e. The summed E-state index contributed by atoms with van der Waals surface area (Å²) in [6.45, 7) is 2.54. The van der Waals surface area contributed by atoms with Gasteiger partial charge in [0.05, 0.1) is 11.9 Å². The lowest BCUT2D eigenvalue weighted by Crippen LogP contribution is -2.02. The van der Waals surface area contributed by atoms with E-state index in [1.165, 1.54) is 23.5 Å². The number of carbonyl (C=O) groups is 1. The molecule has 0 N–H and O–H groups in total. The number of benzene rings is 1. The Kier molecular flexibility index (Phi) is 4.15. The molecule has 0 aliphatic carbocycles. The van der Waals surface area contributed by atoms with Gasteiger partial charge in [0.2, 0.25) is 0 Å². The number of fused-ring (bicyclic) bond motifs is 1. The summed E-state index contributed by atoms with van der Waals surface area (Å²) in [5.74, 6) is -0.294. The molecule has 1 aromatic carbocycles. The lowest BCUT2D eigenvalue weighted by Gasteiger charge is -2.00. The molecule has 3 aromatic rings. The summed E-state index contributed by atoms with van der Waals surface area (Å²) in [4.78, 5) is 16.7. The smallest absolute Gasteiger partial charge is 0.171 e. The third kappa shape index (κ3) is 2.85. The molecule has 0 spiro atoms. The van der Waals surface area contributed by atoms with Crippen molar-refractivity contribution in [3.05, 3.63) is 64.5 Å². The Morgan fingerprint density at radius 2 is 2.32 bits per heavy atom. The Morgan fingerprint density at radius 1 is 1.45 bits per heavy atom. The summed E-state index contributed by atoms with van der Waals surface area (Å²) < 4.78 is 15.4. The minimum atomic E-state index is -0.300. The molecular formula is C17H15FN2OS. The van der Waals surface area contributed by atoms with Crippen molar-refractivity contribution in [3.63, 3.8) is 0 Å². The van der Waals surface area contributed by atoms with Crippen LogP contribution in [-0.4, -0.2) is 15.3 Å². The quantitative estimate of drug-likeness (QED) is 0.521. The molecule has 0 atom stereocenters. The Balaban J connectivity index is 2.03. The maximum absolute atomic E-state index is 13.5. The van der Waals surface area contributed by atoms with Gasteiger partial charge in [0.25, 0.3) is 0 Å². The zero-order valence-corrected chi connectivity index (χ0v) is 12.9. The van der Waals surface area contributed by atoms with Crippen LogP contribution in [0.3, 0.4) is 0 Å². The maximum atomic E-state index is 13.5. The number of thiazole rings is 1. The number of rotatable bonds is 5. The van der Waals surface area contributed by atoms with E-state index in [2.05, 4.69) is 4.98 Å². The second kappa shape index (κ2) is 6.23. The van der Waals surface area contributed by atoms with E-state index < -0.39 is 0 Å². The molecule has 22 heavy (non-hydrogen) atoms. The van der Waals surface area contributed by atoms with Gasteiger partial charge in [0.1, 0.15) is 10.8 Å². The van der Waals surface area contributed by atoms with E-state index in [1.54, 1.807) is 18.5 Å². The topological polar surface area (TPSA) is 34.9 Å². The van der Waals surface area contributed by atoms with Gasteiger partial charge in [-0.05, 0) is 25.1 Å². The van der Waals surface area contributed by atoms with Crippen LogP contribution in [0.2, 0.25) is 0 Å². The Hall–Kier alpha value is -2.27. The molecular weight excluding hydrogens is 299 g/mol. The lowest BCUT2D eigenvalue weighted by molar-refractivity contribution is 0.0994. The molecule has 0 radical (unpaired) electrons. The van der Waals surface area contributed by atoms with E-state index in [0.717, 1.165) is 15.9 Å². The van der Waals surface area contributed by atoms with Crippen LogP contribution in [0, 0.1) is 5.82 Å². The van der Waals surface area contributed by atoms with Gasteiger partial charge in [-0.1, -0.05) is 12.2 Å². The van der Waals surface area contributed by atoms with E-state index >= 15 is 0 Å². The van der Waals surface area contributed by atoms with Gasteiger partial charge >= 0.3 is 0 Å². The van der Waals surface area contributed by atoms with Crippen LogP contribution in [0.4, 0.5) is 4.39 Å². The SMILES string of the molecule is C/C=C/Cn1cc(C(=O)Cc2nccs2)c2ccc(F)cc21. The first-order chi connectivity index (χ1) is 10.7. The molecule has 0 fully saturated rings. The highest BCUT2D eigenvalue weighted by molar-refractivity contribution is 7.09. The van der Waals surface area contributed by atoms with Crippen LogP contribution in [0.15, 0.2) is 48.1 Å². The van der Waals surface area contributed by atoms with E-state index in [-0.39, 0.29) is 18.0 Å². The number of Topliss-reactive ketones (excluding diaryl/α,β-unsaturated/α-hetero) is 1. The van der Waals surface area contributed by atoms with Crippen LogP contribution >= 0.6 is 11.3 Å². The van der Waals surface area contributed by atoms with E-state index in [4.69, 9.17) is 0 Å². The minimum Gasteiger partial charge on any atom is -0.343 e. The largest absolute Gasteiger partial charge is 0.343 e. The van der Waals surface area contributed by atoms with Crippen molar-refractivity contribution in [2.24, 2.45) is 0 Å². The second-order valence-corrected chi connectivity index (χ2v) is 5.93. The zero-order chi connectivity index (χ0) is 15.5. The van der Waals surface area contributed by atoms with Crippen LogP contribution in [0.25, 0.3) is 10.9 Å². The van der Waals surface area contributed by atoms with Gasteiger partial charge in [-0.25, -0.2) is 9.37 Å². The fourth-order valence-corrected chi connectivity index (χ4v) is 3.05. The average Bonchev–Trinajstić information content (AvgIpc) is 3.12. The van der Waals surface area contributed by atoms with Crippen LogP contribution in [0.1, 0.15) is 22.3 Å². The summed E-state index contributed by atoms with van der Waals surface area (Å²) in [7, 11) is 0.